The number of hydrogen-bond acceptors (Lipinski definition) is 2. The molecule has 0 aromatic heterocycles. The Labute approximate surface area is 155 Å². The molecule has 4 heteroatoms. The average Bonchev–Trinajstić information content (AvgIpc) is 3.29. The van der Waals surface area contributed by atoms with E-state index in [2.05, 4.69) is 36.4 Å². The van der Waals surface area contributed by atoms with E-state index >= 15 is 0 Å². The van der Waals surface area contributed by atoms with Gasteiger partial charge in [-0.05, 0) is 43.9 Å². The molecule has 0 unspecified atom stereocenters. The van der Waals surface area contributed by atoms with E-state index in [-0.39, 0.29) is 10.8 Å². The minimum Gasteiger partial charge on any atom is -0.207 e. The molecule has 0 amide bonds. The van der Waals surface area contributed by atoms with Crippen LogP contribution in [0.4, 0.5) is 0 Å². The summed E-state index contributed by atoms with van der Waals surface area (Å²) in [6, 6.07) is 17.9. The zero-order valence-electron chi connectivity index (χ0n) is 15.0. The first-order valence-electron chi connectivity index (χ1n) is 9.28. The fraction of sp³-hybridized carbons (Fsp3) is 0.364. The molecule has 1 saturated heterocycles. The minimum absolute atomic E-state index is 0.0492. The molecule has 3 aliphatic rings. The number of sulfonamides is 1. The second-order valence-corrected chi connectivity index (χ2v) is 10.2. The van der Waals surface area contributed by atoms with Gasteiger partial charge in [-0.25, -0.2) is 8.42 Å². The Bertz CT molecular complexity index is 994. The van der Waals surface area contributed by atoms with E-state index in [9.17, 15) is 8.42 Å². The monoisotopic (exact) mass is 365 g/mol. The van der Waals surface area contributed by atoms with E-state index in [1.165, 1.54) is 11.1 Å². The van der Waals surface area contributed by atoms with Gasteiger partial charge in [0.05, 0.1) is 4.90 Å². The van der Waals surface area contributed by atoms with E-state index in [1.54, 1.807) is 16.4 Å². The van der Waals surface area contributed by atoms with Gasteiger partial charge < -0.3 is 0 Å². The Hall–Kier alpha value is -1.91. The molecule has 134 valence electrons. The van der Waals surface area contributed by atoms with Gasteiger partial charge in [-0.1, -0.05) is 59.7 Å². The van der Waals surface area contributed by atoms with Crippen molar-refractivity contribution in [3.63, 3.8) is 0 Å². The van der Waals surface area contributed by atoms with E-state index in [4.69, 9.17) is 0 Å². The highest BCUT2D eigenvalue weighted by Gasteiger charge is 2.59. The van der Waals surface area contributed by atoms with E-state index in [1.807, 2.05) is 19.1 Å². The number of allylic oxidation sites excluding steroid dienone is 1. The molecule has 2 bridgehead atoms. The van der Waals surface area contributed by atoms with Crippen molar-refractivity contribution in [1.82, 2.24) is 4.31 Å². The molecule has 0 radical (unpaired) electrons. The van der Waals surface area contributed by atoms with Crippen molar-refractivity contribution >= 4 is 10.0 Å². The Kier molecular flexibility index (Phi) is 3.32. The minimum atomic E-state index is -3.42. The topological polar surface area (TPSA) is 37.4 Å². The maximum Gasteiger partial charge on any atom is 0.243 e. The van der Waals surface area contributed by atoms with Crippen LogP contribution >= 0.6 is 0 Å². The lowest BCUT2D eigenvalue weighted by Gasteiger charge is -2.25. The summed E-state index contributed by atoms with van der Waals surface area (Å²) in [5, 5.41) is 0. The first kappa shape index (κ1) is 16.3. The van der Waals surface area contributed by atoms with Crippen LogP contribution in [0.1, 0.15) is 30.4 Å². The third kappa shape index (κ3) is 2.18. The average molecular weight is 365 g/mol. The molecular weight excluding hydrogens is 342 g/mol. The van der Waals surface area contributed by atoms with Crippen molar-refractivity contribution < 1.29 is 8.42 Å². The number of benzene rings is 2. The Balaban J connectivity index is 1.48. The summed E-state index contributed by atoms with van der Waals surface area (Å²) >= 11 is 0. The molecule has 2 atom stereocenters. The molecular formula is C22H23NO2S. The molecule has 2 aliphatic carbocycles. The van der Waals surface area contributed by atoms with Crippen LogP contribution in [0.2, 0.25) is 0 Å². The molecule has 1 aliphatic heterocycles. The Morgan fingerprint density at radius 3 is 2.38 bits per heavy atom. The number of rotatable bonds is 3. The predicted octanol–water partition coefficient (Wildman–Crippen LogP) is 4.05. The van der Waals surface area contributed by atoms with Gasteiger partial charge in [0.2, 0.25) is 10.0 Å². The van der Waals surface area contributed by atoms with Gasteiger partial charge in [0.1, 0.15) is 0 Å². The van der Waals surface area contributed by atoms with Gasteiger partial charge in [0.15, 0.2) is 0 Å². The molecule has 26 heavy (non-hydrogen) atoms. The lowest BCUT2D eigenvalue weighted by Crippen LogP contribution is -2.32. The molecule has 1 saturated carbocycles. The predicted molar refractivity (Wildman–Crippen MR) is 102 cm³/mol. The normalized spacial score (nSPS) is 30.4. The Morgan fingerprint density at radius 1 is 0.962 bits per heavy atom. The highest BCUT2D eigenvalue weighted by Crippen LogP contribution is 2.64. The van der Waals surface area contributed by atoms with Crippen molar-refractivity contribution in [3.8, 4) is 0 Å². The standard InChI is InChI=1S/C22H23NO2S/c1-17-7-9-20(10-8-17)26(24,25)23-14-19-13-21(18-5-3-2-4-6-18)11-12-22(19,15-21)16-23/h2-10,13H,11-12,14-16H2,1H3/t21-,22+/m1/s1. The van der Waals surface area contributed by atoms with E-state index in [0.717, 1.165) is 24.8 Å². The summed E-state index contributed by atoms with van der Waals surface area (Å²) in [5.74, 6) is 0. The van der Waals surface area contributed by atoms with E-state index in [0.29, 0.717) is 18.0 Å². The third-order valence-corrected chi connectivity index (χ3v) is 8.47. The summed E-state index contributed by atoms with van der Waals surface area (Å²) in [6.07, 6.45) is 5.67. The Morgan fingerprint density at radius 2 is 1.69 bits per heavy atom. The molecule has 5 rings (SSSR count). The zero-order chi connectivity index (χ0) is 18.0. The first-order valence-corrected chi connectivity index (χ1v) is 10.7. The maximum atomic E-state index is 13.1. The lowest BCUT2D eigenvalue weighted by atomic mass is 9.80. The smallest absolute Gasteiger partial charge is 0.207 e. The van der Waals surface area contributed by atoms with Crippen LogP contribution < -0.4 is 0 Å². The summed E-state index contributed by atoms with van der Waals surface area (Å²) in [4.78, 5) is 0.410. The number of nitrogens with zero attached hydrogens (tertiary/aromatic N) is 1. The van der Waals surface area contributed by atoms with Crippen molar-refractivity contribution in [2.75, 3.05) is 13.1 Å². The zero-order valence-corrected chi connectivity index (χ0v) is 15.8. The van der Waals surface area contributed by atoms with Crippen molar-refractivity contribution in [1.29, 1.82) is 0 Å². The lowest BCUT2D eigenvalue weighted by molar-refractivity contribution is 0.351. The van der Waals surface area contributed by atoms with Gasteiger partial charge in [-0.3, -0.25) is 0 Å². The van der Waals surface area contributed by atoms with Crippen LogP contribution in [-0.2, 0) is 15.4 Å². The summed E-state index contributed by atoms with van der Waals surface area (Å²) in [5.41, 5.74) is 3.96. The van der Waals surface area contributed by atoms with Crippen molar-refractivity contribution in [2.45, 2.75) is 36.5 Å². The van der Waals surface area contributed by atoms with Crippen LogP contribution in [-0.4, -0.2) is 25.8 Å². The molecule has 2 fully saturated rings. The van der Waals surface area contributed by atoms with Crippen LogP contribution in [0.3, 0.4) is 0 Å². The second-order valence-electron chi connectivity index (χ2n) is 8.23. The largest absolute Gasteiger partial charge is 0.243 e. The van der Waals surface area contributed by atoms with Gasteiger partial charge in [-0.15, -0.1) is 0 Å². The second kappa shape index (κ2) is 5.30. The quantitative estimate of drug-likeness (QED) is 0.770. The van der Waals surface area contributed by atoms with Gasteiger partial charge in [-0.2, -0.15) is 4.31 Å². The van der Waals surface area contributed by atoms with E-state index < -0.39 is 10.0 Å². The number of fused-ring (bicyclic) bond motifs is 1. The van der Waals surface area contributed by atoms with Gasteiger partial charge in [0, 0.05) is 23.9 Å². The van der Waals surface area contributed by atoms with Crippen LogP contribution in [0.5, 0.6) is 0 Å². The first-order chi connectivity index (χ1) is 12.4. The maximum absolute atomic E-state index is 13.1. The molecule has 3 nitrogen and oxygen atoms in total. The molecule has 2 aromatic rings. The molecule has 2 aromatic carbocycles. The SMILES string of the molecule is Cc1ccc(S(=O)(=O)N2CC3=C[C@]4(c5ccccc5)CC[C@@]3(C2)C4)cc1. The summed E-state index contributed by atoms with van der Waals surface area (Å²) in [6.45, 7) is 3.15. The number of aryl methyl sites for hydroxylation is 1. The molecule has 1 spiro atoms. The molecule has 0 N–H and O–H groups in total. The highest BCUT2D eigenvalue weighted by atomic mass is 32.2. The summed E-state index contributed by atoms with van der Waals surface area (Å²) in [7, 11) is -3.42. The van der Waals surface area contributed by atoms with Crippen molar-refractivity contribution in [3.05, 3.63) is 77.4 Å². The summed E-state index contributed by atoms with van der Waals surface area (Å²) < 4.78 is 27.9. The van der Waals surface area contributed by atoms with Crippen LogP contribution in [0.25, 0.3) is 0 Å². The van der Waals surface area contributed by atoms with Gasteiger partial charge in [0.25, 0.3) is 0 Å². The fourth-order valence-corrected chi connectivity index (χ4v) is 6.79. The molecule has 1 heterocycles. The number of hydrogen-bond donors (Lipinski definition) is 0. The van der Waals surface area contributed by atoms with Crippen molar-refractivity contribution in [2.24, 2.45) is 5.41 Å². The highest BCUT2D eigenvalue weighted by molar-refractivity contribution is 7.89. The van der Waals surface area contributed by atoms with Gasteiger partial charge >= 0.3 is 0 Å². The van der Waals surface area contributed by atoms with Crippen LogP contribution in [0.15, 0.2) is 71.1 Å². The van der Waals surface area contributed by atoms with Crippen LogP contribution in [0, 0.1) is 12.3 Å². The fourth-order valence-electron chi connectivity index (χ4n) is 5.29. The third-order valence-electron chi connectivity index (χ3n) is 6.67.